The topological polar surface area (TPSA) is 67.8 Å². The van der Waals surface area contributed by atoms with Crippen LogP contribution in [0.3, 0.4) is 0 Å². The third kappa shape index (κ3) is 3.01. The van der Waals surface area contributed by atoms with Gasteiger partial charge in [-0.3, -0.25) is 9.78 Å². The van der Waals surface area contributed by atoms with Gasteiger partial charge in [-0.05, 0) is 34.6 Å². The second-order valence-corrected chi connectivity index (χ2v) is 6.49. The van der Waals surface area contributed by atoms with E-state index in [0.717, 1.165) is 21.3 Å². The second kappa shape index (κ2) is 5.28. The van der Waals surface area contributed by atoms with Crippen molar-refractivity contribution >= 4 is 17.2 Å². The van der Waals surface area contributed by atoms with Crippen LogP contribution in [0.4, 0.5) is 0 Å². The largest absolute Gasteiger partial charge is 0.339 e. The maximum Gasteiger partial charge on any atom is 0.272 e. The van der Waals surface area contributed by atoms with Crippen LogP contribution in [0.5, 0.6) is 0 Å². The smallest absolute Gasteiger partial charge is 0.272 e. The van der Waals surface area contributed by atoms with Crippen LogP contribution in [0.1, 0.15) is 45.6 Å². The summed E-state index contributed by atoms with van der Waals surface area (Å²) in [5, 5.41) is 3.85. The van der Waals surface area contributed by atoms with Crippen LogP contribution in [0.2, 0.25) is 0 Å². The van der Waals surface area contributed by atoms with Gasteiger partial charge in [-0.25, -0.2) is 9.97 Å². The molecular formula is C14H18N4OS. The maximum atomic E-state index is 12.2. The summed E-state index contributed by atoms with van der Waals surface area (Å²) in [4.78, 5) is 26.0. The number of carbonyl (C=O) groups excluding carboxylic acids is 1. The Morgan fingerprint density at radius 3 is 2.40 bits per heavy atom. The van der Waals surface area contributed by atoms with Crippen LogP contribution in [-0.4, -0.2) is 20.9 Å². The molecule has 0 saturated heterocycles. The van der Waals surface area contributed by atoms with E-state index in [1.807, 2.05) is 34.6 Å². The number of aromatic nitrogens is 3. The van der Waals surface area contributed by atoms with Crippen molar-refractivity contribution in [1.29, 1.82) is 0 Å². The van der Waals surface area contributed by atoms with Crippen LogP contribution < -0.4 is 5.32 Å². The average Bonchev–Trinajstić information content (AvgIpc) is 2.71. The monoisotopic (exact) mass is 290 g/mol. The number of aryl methyl sites for hydroxylation is 3. The zero-order chi connectivity index (χ0) is 14.9. The molecule has 106 valence electrons. The van der Waals surface area contributed by atoms with E-state index in [-0.39, 0.29) is 5.91 Å². The number of hydrogen-bond donors (Lipinski definition) is 1. The van der Waals surface area contributed by atoms with Crippen molar-refractivity contribution in [2.24, 2.45) is 0 Å². The first-order valence-electron chi connectivity index (χ1n) is 6.35. The third-order valence-electron chi connectivity index (χ3n) is 3.00. The van der Waals surface area contributed by atoms with Crippen molar-refractivity contribution in [3.8, 4) is 0 Å². The zero-order valence-corrected chi connectivity index (χ0v) is 13.1. The molecule has 0 aliphatic rings. The summed E-state index contributed by atoms with van der Waals surface area (Å²) in [6, 6.07) is 0. The molecule has 20 heavy (non-hydrogen) atoms. The Morgan fingerprint density at radius 2 is 1.90 bits per heavy atom. The number of hydrogen-bond acceptors (Lipinski definition) is 5. The lowest BCUT2D eigenvalue weighted by molar-refractivity contribution is 0.0906. The molecule has 0 aliphatic carbocycles. The minimum Gasteiger partial charge on any atom is -0.339 e. The molecule has 0 spiro atoms. The Hall–Kier alpha value is -1.82. The molecule has 6 heteroatoms. The molecule has 2 rings (SSSR count). The van der Waals surface area contributed by atoms with E-state index >= 15 is 0 Å². The molecule has 0 bridgehead atoms. The molecular weight excluding hydrogens is 272 g/mol. The molecule has 0 radical (unpaired) electrons. The number of amides is 1. The Labute approximate surface area is 122 Å². The van der Waals surface area contributed by atoms with Gasteiger partial charge in [0.25, 0.3) is 5.91 Å². The molecule has 0 fully saturated rings. The van der Waals surface area contributed by atoms with E-state index in [0.29, 0.717) is 5.69 Å². The van der Waals surface area contributed by atoms with E-state index in [2.05, 4.69) is 20.3 Å². The van der Waals surface area contributed by atoms with E-state index in [4.69, 9.17) is 0 Å². The third-order valence-corrected chi connectivity index (χ3v) is 4.40. The predicted octanol–water partition coefficient (Wildman–Crippen LogP) is 2.52. The van der Waals surface area contributed by atoms with Crippen LogP contribution in [0.15, 0.2) is 12.4 Å². The summed E-state index contributed by atoms with van der Waals surface area (Å²) in [6.45, 7) is 9.70. The van der Waals surface area contributed by atoms with Crippen molar-refractivity contribution in [3.05, 3.63) is 39.4 Å². The van der Waals surface area contributed by atoms with Crippen LogP contribution in [0.25, 0.3) is 0 Å². The minimum atomic E-state index is -0.534. The summed E-state index contributed by atoms with van der Waals surface area (Å²) >= 11 is 1.60. The molecule has 0 atom stereocenters. The molecule has 2 heterocycles. The number of nitrogens with zero attached hydrogens (tertiary/aromatic N) is 3. The lowest BCUT2D eigenvalue weighted by atomic mass is 10.1. The van der Waals surface area contributed by atoms with Crippen molar-refractivity contribution in [1.82, 2.24) is 20.3 Å². The molecule has 2 aromatic heterocycles. The standard InChI is InChI=1S/C14H18N4OS/c1-8-6-16-11(7-15-8)12(19)18-14(4,5)13-17-9(2)10(3)20-13/h6-7H,1-5H3,(H,18,19). The fourth-order valence-corrected chi connectivity index (χ4v) is 2.62. The first-order chi connectivity index (χ1) is 9.29. The molecule has 1 N–H and O–H groups in total. The first kappa shape index (κ1) is 14.6. The number of rotatable bonds is 3. The zero-order valence-electron chi connectivity index (χ0n) is 12.3. The van der Waals surface area contributed by atoms with Crippen molar-refractivity contribution in [2.75, 3.05) is 0 Å². The summed E-state index contributed by atoms with van der Waals surface area (Å²) in [7, 11) is 0. The highest BCUT2D eigenvalue weighted by Crippen LogP contribution is 2.27. The quantitative estimate of drug-likeness (QED) is 0.943. The summed E-state index contributed by atoms with van der Waals surface area (Å²) in [6.07, 6.45) is 3.07. The maximum absolute atomic E-state index is 12.2. The van der Waals surface area contributed by atoms with Gasteiger partial charge in [0, 0.05) is 11.1 Å². The highest BCUT2D eigenvalue weighted by Gasteiger charge is 2.27. The van der Waals surface area contributed by atoms with Gasteiger partial charge < -0.3 is 5.32 Å². The number of thiazole rings is 1. The van der Waals surface area contributed by atoms with Gasteiger partial charge in [-0.2, -0.15) is 0 Å². The molecule has 0 aliphatic heterocycles. The van der Waals surface area contributed by atoms with Crippen molar-refractivity contribution in [2.45, 2.75) is 40.2 Å². The van der Waals surface area contributed by atoms with E-state index in [1.165, 1.54) is 6.20 Å². The van der Waals surface area contributed by atoms with Crippen LogP contribution >= 0.6 is 11.3 Å². The van der Waals surface area contributed by atoms with Crippen molar-refractivity contribution in [3.63, 3.8) is 0 Å². The molecule has 0 unspecified atom stereocenters. The normalized spacial score (nSPS) is 11.4. The van der Waals surface area contributed by atoms with E-state index in [1.54, 1.807) is 17.5 Å². The van der Waals surface area contributed by atoms with Gasteiger partial charge in [0.1, 0.15) is 10.7 Å². The molecule has 5 nitrogen and oxygen atoms in total. The highest BCUT2D eigenvalue weighted by atomic mass is 32.1. The lowest BCUT2D eigenvalue weighted by Gasteiger charge is -2.23. The molecule has 1 amide bonds. The van der Waals surface area contributed by atoms with Gasteiger partial charge in [0.2, 0.25) is 0 Å². The molecule has 2 aromatic rings. The Morgan fingerprint density at radius 1 is 1.20 bits per heavy atom. The van der Waals surface area contributed by atoms with Crippen LogP contribution in [-0.2, 0) is 5.54 Å². The summed E-state index contributed by atoms with van der Waals surface area (Å²) < 4.78 is 0. The SMILES string of the molecule is Cc1cnc(C(=O)NC(C)(C)c2nc(C)c(C)s2)cn1. The Bertz CT molecular complexity index is 612. The minimum absolute atomic E-state index is 0.243. The van der Waals surface area contributed by atoms with Gasteiger partial charge in [-0.1, -0.05) is 0 Å². The summed E-state index contributed by atoms with van der Waals surface area (Å²) in [5.74, 6) is -0.243. The predicted molar refractivity (Wildman–Crippen MR) is 78.8 cm³/mol. The molecule has 0 saturated carbocycles. The van der Waals surface area contributed by atoms with E-state index < -0.39 is 5.54 Å². The van der Waals surface area contributed by atoms with Crippen molar-refractivity contribution < 1.29 is 4.79 Å². The lowest BCUT2D eigenvalue weighted by Crippen LogP contribution is -2.41. The van der Waals surface area contributed by atoms with Gasteiger partial charge in [0.15, 0.2) is 0 Å². The first-order valence-corrected chi connectivity index (χ1v) is 7.17. The Kier molecular flexibility index (Phi) is 3.85. The Balaban J connectivity index is 2.19. The summed E-state index contributed by atoms with van der Waals surface area (Å²) in [5.41, 5.74) is 1.57. The highest BCUT2D eigenvalue weighted by molar-refractivity contribution is 7.11. The number of carbonyl (C=O) groups is 1. The fraction of sp³-hybridized carbons (Fsp3) is 0.429. The average molecular weight is 290 g/mol. The van der Waals surface area contributed by atoms with E-state index in [9.17, 15) is 4.79 Å². The second-order valence-electron chi connectivity index (χ2n) is 5.28. The number of nitrogens with one attached hydrogen (secondary N) is 1. The van der Waals surface area contributed by atoms with Gasteiger partial charge in [-0.15, -0.1) is 11.3 Å². The van der Waals surface area contributed by atoms with Crippen LogP contribution in [0, 0.1) is 20.8 Å². The van der Waals surface area contributed by atoms with Gasteiger partial charge >= 0.3 is 0 Å². The van der Waals surface area contributed by atoms with Gasteiger partial charge in [0.05, 0.1) is 23.1 Å². The molecule has 0 aromatic carbocycles. The fourth-order valence-electron chi connectivity index (χ4n) is 1.65.